The highest BCUT2D eigenvalue weighted by Gasteiger charge is 2.16. The number of ether oxygens (including phenoxy) is 1. The molecule has 1 amide bonds. The lowest BCUT2D eigenvalue weighted by atomic mass is 10.1. The molecule has 1 N–H and O–H groups in total. The SMILES string of the molecule is CCCn1c(C)cc(/C=C(\C#N)C(=O)OCC(=O)Nc2cc(Cl)c(Cl)cc2Cl)c1C. The first-order valence-corrected chi connectivity index (χ1v) is 10.2. The van der Waals surface area contributed by atoms with E-state index in [1.54, 1.807) is 0 Å². The van der Waals surface area contributed by atoms with Crippen LogP contribution in [-0.2, 0) is 20.9 Å². The number of hydrogen-bond acceptors (Lipinski definition) is 4. The van der Waals surface area contributed by atoms with Crippen LogP contribution in [0, 0.1) is 25.2 Å². The molecule has 1 aromatic heterocycles. The fourth-order valence-corrected chi connectivity index (χ4v) is 3.44. The zero-order valence-corrected chi connectivity index (χ0v) is 19.0. The van der Waals surface area contributed by atoms with Crippen molar-refractivity contribution < 1.29 is 14.3 Å². The van der Waals surface area contributed by atoms with Gasteiger partial charge in [-0.25, -0.2) is 4.79 Å². The van der Waals surface area contributed by atoms with Crippen LogP contribution in [0.5, 0.6) is 0 Å². The summed E-state index contributed by atoms with van der Waals surface area (Å²) in [5.41, 5.74) is 2.76. The quantitative estimate of drug-likeness (QED) is 0.249. The van der Waals surface area contributed by atoms with Crippen LogP contribution in [-0.4, -0.2) is 23.1 Å². The lowest BCUT2D eigenvalue weighted by Crippen LogP contribution is -2.21. The molecule has 2 aromatic rings. The maximum atomic E-state index is 12.3. The number of anilines is 1. The Hall–Kier alpha value is -2.46. The summed E-state index contributed by atoms with van der Waals surface area (Å²) in [6, 6.07) is 6.50. The van der Waals surface area contributed by atoms with Gasteiger partial charge in [0, 0.05) is 17.9 Å². The van der Waals surface area contributed by atoms with Gasteiger partial charge in [-0.15, -0.1) is 0 Å². The molecule has 1 aromatic carbocycles. The minimum absolute atomic E-state index is 0.184. The summed E-state index contributed by atoms with van der Waals surface area (Å²) in [7, 11) is 0. The van der Waals surface area contributed by atoms with Crippen molar-refractivity contribution >= 4 is 58.4 Å². The summed E-state index contributed by atoms with van der Waals surface area (Å²) >= 11 is 17.8. The molecule has 0 saturated heterocycles. The largest absolute Gasteiger partial charge is 0.451 e. The van der Waals surface area contributed by atoms with Crippen molar-refractivity contribution in [2.75, 3.05) is 11.9 Å². The third kappa shape index (κ3) is 5.79. The second-order valence-corrected chi connectivity index (χ2v) is 7.74. The Morgan fingerprint density at radius 3 is 2.47 bits per heavy atom. The zero-order valence-electron chi connectivity index (χ0n) is 16.7. The molecule has 0 radical (unpaired) electrons. The second-order valence-electron chi connectivity index (χ2n) is 6.52. The summed E-state index contributed by atoms with van der Waals surface area (Å²) in [5.74, 6) is -1.53. The highest BCUT2D eigenvalue weighted by atomic mass is 35.5. The third-order valence-corrected chi connectivity index (χ3v) is 5.35. The van der Waals surface area contributed by atoms with E-state index < -0.39 is 18.5 Å². The summed E-state index contributed by atoms with van der Waals surface area (Å²) in [5, 5.41) is 12.5. The first-order valence-electron chi connectivity index (χ1n) is 9.08. The summed E-state index contributed by atoms with van der Waals surface area (Å²) in [6.45, 7) is 6.20. The predicted octanol–water partition coefficient (Wildman–Crippen LogP) is 5.56. The maximum absolute atomic E-state index is 12.3. The Kier molecular flexibility index (Phi) is 8.36. The van der Waals surface area contributed by atoms with Gasteiger partial charge in [-0.1, -0.05) is 41.7 Å². The smallest absolute Gasteiger partial charge is 0.349 e. The van der Waals surface area contributed by atoms with Gasteiger partial charge in [0.05, 0.1) is 20.8 Å². The van der Waals surface area contributed by atoms with E-state index >= 15 is 0 Å². The molecule has 0 aliphatic carbocycles. The van der Waals surface area contributed by atoms with Gasteiger partial charge in [-0.05, 0) is 50.1 Å². The number of nitriles is 1. The van der Waals surface area contributed by atoms with Crippen molar-refractivity contribution in [2.24, 2.45) is 0 Å². The topological polar surface area (TPSA) is 84.1 Å². The highest BCUT2D eigenvalue weighted by molar-refractivity contribution is 6.44. The Labute approximate surface area is 190 Å². The number of carbonyl (C=O) groups is 2. The molecule has 0 fully saturated rings. The lowest BCUT2D eigenvalue weighted by Gasteiger charge is -2.09. The van der Waals surface area contributed by atoms with Crippen LogP contribution >= 0.6 is 34.8 Å². The van der Waals surface area contributed by atoms with E-state index in [2.05, 4.69) is 16.8 Å². The normalized spacial score (nSPS) is 11.2. The minimum Gasteiger partial charge on any atom is -0.451 e. The van der Waals surface area contributed by atoms with Gasteiger partial charge in [-0.3, -0.25) is 4.79 Å². The third-order valence-electron chi connectivity index (χ3n) is 4.32. The van der Waals surface area contributed by atoms with Crippen molar-refractivity contribution in [2.45, 2.75) is 33.7 Å². The summed E-state index contributed by atoms with van der Waals surface area (Å²) in [4.78, 5) is 24.3. The average molecular weight is 469 g/mol. The Balaban J connectivity index is 2.07. The molecule has 0 saturated carbocycles. The Bertz CT molecular complexity index is 1050. The van der Waals surface area contributed by atoms with Gasteiger partial charge in [0.1, 0.15) is 11.6 Å². The fourth-order valence-electron chi connectivity index (χ4n) is 2.85. The molecular weight excluding hydrogens is 449 g/mol. The van der Waals surface area contributed by atoms with Crippen molar-refractivity contribution in [1.82, 2.24) is 4.57 Å². The van der Waals surface area contributed by atoms with Gasteiger partial charge >= 0.3 is 5.97 Å². The Morgan fingerprint density at radius 1 is 1.17 bits per heavy atom. The predicted molar refractivity (Wildman–Crippen MR) is 119 cm³/mol. The number of benzene rings is 1. The van der Waals surface area contributed by atoms with Crippen molar-refractivity contribution in [3.8, 4) is 6.07 Å². The van der Waals surface area contributed by atoms with E-state index in [1.807, 2.05) is 26.0 Å². The van der Waals surface area contributed by atoms with Crippen LogP contribution in [0.1, 0.15) is 30.3 Å². The van der Waals surface area contributed by atoms with E-state index in [9.17, 15) is 14.9 Å². The number of halogens is 3. The van der Waals surface area contributed by atoms with Crippen molar-refractivity contribution in [1.29, 1.82) is 5.26 Å². The standard InChI is InChI=1S/C21H20Cl3N3O3/c1-4-5-27-12(2)6-14(13(27)3)7-15(10-25)21(29)30-11-20(28)26-19-9-17(23)16(22)8-18(19)24/h6-9H,4-5,11H2,1-3H3,(H,26,28)/b15-7+. The minimum atomic E-state index is -0.895. The lowest BCUT2D eigenvalue weighted by molar-refractivity contribution is -0.142. The zero-order chi connectivity index (χ0) is 22.4. The molecule has 2 rings (SSSR count). The van der Waals surface area contributed by atoms with Crippen LogP contribution in [0.3, 0.4) is 0 Å². The number of esters is 1. The van der Waals surface area contributed by atoms with Gasteiger partial charge in [0.15, 0.2) is 6.61 Å². The van der Waals surface area contributed by atoms with Crippen molar-refractivity contribution in [3.05, 3.63) is 55.8 Å². The van der Waals surface area contributed by atoms with E-state index in [0.717, 1.165) is 29.9 Å². The number of carbonyl (C=O) groups excluding carboxylic acids is 2. The molecule has 0 aliphatic rings. The molecule has 1 heterocycles. The molecule has 158 valence electrons. The average Bonchev–Trinajstić information content (AvgIpc) is 2.96. The van der Waals surface area contributed by atoms with Crippen LogP contribution in [0.25, 0.3) is 6.08 Å². The maximum Gasteiger partial charge on any atom is 0.349 e. The van der Waals surface area contributed by atoms with Crippen LogP contribution in [0.2, 0.25) is 15.1 Å². The molecule has 30 heavy (non-hydrogen) atoms. The Morgan fingerprint density at radius 2 is 1.83 bits per heavy atom. The highest BCUT2D eigenvalue weighted by Crippen LogP contribution is 2.32. The molecule has 6 nitrogen and oxygen atoms in total. The first kappa shape index (κ1) is 23.8. The van der Waals surface area contributed by atoms with E-state index in [1.165, 1.54) is 18.2 Å². The number of rotatable bonds is 7. The van der Waals surface area contributed by atoms with E-state index in [4.69, 9.17) is 39.5 Å². The number of nitrogens with zero attached hydrogens (tertiary/aromatic N) is 2. The van der Waals surface area contributed by atoms with Gasteiger partial charge < -0.3 is 14.6 Å². The molecule has 9 heteroatoms. The van der Waals surface area contributed by atoms with E-state index in [0.29, 0.717) is 0 Å². The van der Waals surface area contributed by atoms with Crippen molar-refractivity contribution in [3.63, 3.8) is 0 Å². The molecule has 0 bridgehead atoms. The van der Waals surface area contributed by atoms with Gasteiger partial charge in [0.2, 0.25) is 0 Å². The second kappa shape index (κ2) is 10.5. The molecule has 0 spiro atoms. The van der Waals surface area contributed by atoms with Gasteiger partial charge in [0.25, 0.3) is 5.91 Å². The number of nitrogens with one attached hydrogen (secondary N) is 1. The fraction of sp³-hybridized carbons (Fsp3) is 0.286. The van der Waals surface area contributed by atoms with Crippen LogP contribution < -0.4 is 5.32 Å². The van der Waals surface area contributed by atoms with Gasteiger partial charge in [-0.2, -0.15) is 5.26 Å². The first-order chi connectivity index (χ1) is 14.2. The summed E-state index contributed by atoms with van der Waals surface area (Å²) < 4.78 is 7.08. The summed E-state index contributed by atoms with van der Waals surface area (Å²) in [6.07, 6.45) is 2.43. The molecular formula is C21H20Cl3N3O3. The van der Waals surface area contributed by atoms with Crippen LogP contribution in [0.4, 0.5) is 5.69 Å². The van der Waals surface area contributed by atoms with E-state index in [-0.39, 0.29) is 26.3 Å². The number of amides is 1. The number of hydrogen-bond donors (Lipinski definition) is 1. The molecule has 0 aliphatic heterocycles. The molecule has 0 atom stereocenters. The number of aromatic nitrogens is 1. The number of aryl methyl sites for hydroxylation is 1. The van der Waals surface area contributed by atoms with Crippen LogP contribution in [0.15, 0.2) is 23.8 Å². The molecule has 0 unspecified atom stereocenters. The monoisotopic (exact) mass is 467 g/mol.